The molecule has 4 nitrogen and oxygen atoms in total. The van der Waals surface area contributed by atoms with Gasteiger partial charge >= 0.3 is 11.9 Å². The first kappa shape index (κ1) is 35.0. The summed E-state index contributed by atoms with van der Waals surface area (Å²) >= 11 is 13.0. The Kier molecular flexibility index (Phi) is 17.3. The zero-order chi connectivity index (χ0) is 28.5. The van der Waals surface area contributed by atoms with Crippen molar-refractivity contribution in [3.63, 3.8) is 0 Å². The Morgan fingerprint density at radius 1 is 0.675 bits per heavy atom. The van der Waals surface area contributed by atoms with E-state index in [9.17, 15) is 9.59 Å². The summed E-state index contributed by atoms with van der Waals surface area (Å²) in [6.07, 6.45) is 14.7. The van der Waals surface area contributed by atoms with E-state index in [0.717, 1.165) is 37.5 Å². The molecule has 0 spiro atoms. The summed E-state index contributed by atoms with van der Waals surface area (Å²) in [4.78, 5) is 22.5. The van der Waals surface area contributed by atoms with Crippen LogP contribution in [0.5, 0.6) is 0 Å². The molecule has 10 heteroatoms. The first-order chi connectivity index (χ1) is 19.5. The standard InChI is InChI=1S/C30H48O4S6/c1-3-27(31)33-15-7-5-13-29(37-17-18-38-29)23-35-21-25-9-11-26(12-10-25)22-36-24-30(39-19-20-40-30)14-6-8-16-34-28(32)4-2/h3-4,25-26H,1-2,5-24H2. The van der Waals surface area contributed by atoms with Crippen molar-refractivity contribution in [3.05, 3.63) is 25.3 Å². The molecule has 0 aromatic rings. The van der Waals surface area contributed by atoms with Gasteiger partial charge in [0, 0.05) is 46.7 Å². The molecule has 0 bridgehead atoms. The second-order valence-corrected chi connectivity index (χ2v) is 19.3. The van der Waals surface area contributed by atoms with Crippen LogP contribution in [0.3, 0.4) is 0 Å². The Bertz CT molecular complexity index is 710. The number of unbranched alkanes of at least 4 members (excludes halogenated alkanes) is 2. The third kappa shape index (κ3) is 13.0. The second-order valence-electron chi connectivity index (χ2n) is 10.8. The van der Waals surface area contributed by atoms with Gasteiger partial charge in [-0.05, 0) is 87.5 Å². The van der Waals surface area contributed by atoms with Crippen LogP contribution in [0.4, 0.5) is 0 Å². The molecule has 40 heavy (non-hydrogen) atoms. The number of carbonyl (C=O) groups excluding carboxylic acids is 2. The van der Waals surface area contributed by atoms with Gasteiger partial charge in [0.1, 0.15) is 0 Å². The van der Waals surface area contributed by atoms with E-state index < -0.39 is 0 Å². The van der Waals surface area contributed by atoms with Gasteiger partial charge in [0.25, 0.3) is 0 Å². The molecule has 2 saturated heterocycles. The van der Waals surface area contributed by atoms with E-state index in [-0.39, 0.29) is 11.9 Å². The first-order valence-electron chi connectivity index (χ1n) is 14.8. The average molecular weight is 665 g/mol. The molecule has 3 aliphatic rings. The van der Waals surface area contributed by atoms with Crippen molar-refractivity contribution in [2.24, 2.45) is 11.8 Å². The lowest BCUT2D eigenvalue weighted by Gasteiger charge is -2.32. The predicted octanol–water partition coefficient (Wildman–Crippen LogP) is 8.41. The monoisotopic (exact) mass is 664 g/mol. The summed E-state index contributed by atoms with van der Waals surface area (Å²) in [6.45, 7) is 7.95. The Labute approximate surface area is 268 Å². The van der Waals surface area contributed by atoms with Gasteiger partial charge in [-0.25, -0.2) is 9.59 Å². The van der Waals surface area contributed by atoms with Crippen LogP contribution < -0.4 is 0 Å². The minimum absolute atomic E-state index is 0.309. The first-order valence-corrected chi connectivity index (χ1v) is 21.0. The number of thioether (sulfide) groups is 6. The normalized spacial score (nSPS) is 23.5. The van der Waals surface area contributed by atoms with E-state index in [2.05, 4.69) is 83.7 Å². The smallest absolute Gasteiger partial charge is 0.330 e. The quantitative estimate of drug-likeness (QED) is 0.0720. The van der Waals surface area contributed by atoms with Gasteiger partial charge in [0.15, 0.2) is 0 Å². The number of hydrogen-bond acceptors (Lipinski definition) is 10. The van der Waals surface area contributed by atoms with E-state index in [1.165, 1.54) is 96.7 Å². The van der Waals surface area contributed by atoms with E-state index in [0.29, 0.717) is 21.4 Å². The lowest BCUT2D eigenvalue weighted by Crippen LogP contribution is -2.24. The molecule has 1 saturated carbocycles. The third-order valence-corrected chi connectivity index (χ3v) is 18.3. The summed E-state index contributed by atoms with van der Waals surface area (Å²) in [5.74, 6) is 11.4. The third-order valence-electron chi connectivity index (χ3n) is 7.67. The fraction of sp³-hybridized carbons (Fsp3) is 0.800. The van der Waals surface area contributed by atoms with E-state index in [1.807, 2.05) is 0 Å². The second kappa shape index (κ2) is 19.7. The Balaban J connectivity index is 1.26. The SMILES string of the molecule is C=CC(=O)OCCCCC1(CSCC2CCC(CSCC3(CCCCOC(=O)C=C)SCCS3)CC2)SCCS1. The summed E-state index contributed by atoms with van der Waals surface area (Å²) < 4.78 is 11.0. The Morgan fingerprint density at radius 3 is 1.40 bits per heavy atom. The maximum atomic E-state index is 11.2. The van der Waals surface area contributed by atoms with Crippen LogP contribution in [-0.4, -0.2) is 79.3 Å². The maximum Gasteiger partial charge on any atom is 0.330 e. The molecule has 1 aliphatic carbocycles. The summed E-state index contributed by atoms with van der Waals surface area (Å²) in [5, 5.41) is 0. The molecular weight excluding hydrogens is 617 g/mol. The molecule has 228 valence electrons. The predicted molar refractivity (Wildman–Crippen MR) is 185 cm³/mol. The number of esters is 2. The van der Waals surface area contributed by atoms with Crippen LogP contribution in [0.15, 0.2) is 25.3 Å². The van der Waals surface area contributed by atoms with Crippen molar-refractivity contribution < 1.29 is 19.1 Å². The van der Waals surface area contributed by atoms with Crippen LogP contribution >= 0.6 is 70.6 Å². The Morgan fingerprint density at radius 2 is 1.05 bits per heavy atom. The van der Waals surface area contributed by atoms with Crippen molar-refractivity contribution in [3.8, 4) is 0 Å². The fourth-order valence-corrected chi connectivity index (χ4v) is 15.8. The molecule has 0 radical (unpaired) electrons. The lowest BCUT2D eigenvalue weighted by molar-refractivity contribution is -0.138. The molecular formula is C30H48O4S6. The highest BCUT2D eigenvalue weighted by Crippen LogP contribution is 2.51. The average Bonchev–Trinajstić information content (AvgIpc) is 3.64. The zero-order valence-corrected chi connectivity index (χ0v) is 28.8. The van der Waals surface area contributed by atoms with Gasteiger partial charge in [-0.3, -0.25) is 0 Å². The maximum absolute atomic E-state index is 11.2. The van der Waals surface area contributed by atoms with Crippen molar-refractivity contribution in [2.75, 3.05) is 59.2 Å². The number of hydrogen-bond donors (Lipinski definition) is 0. The van der Waals surface area contributed by atoms with Crippen LogP contribution in [0.2, 0.25) is 0 Å². The highest BCUT2D eigenvalue weighted by molar-refractivity contribution is 8.22. The van der Waals surface area contributed by atoms with Gasteiger partial charge in [0.2, 0.25) is 0 Å². The number of ether oxygens (including phenoxy) is 2. The van der Waals surface area contributed by atoms with Crippen LogP contribution in [0.25, 0.3) is 0 Å². The molecule has 2 aliphatic heterocycles. The highest BCUT2D eigenvalue weighted by Gasteiger charge is 2.36. The largest absolute Gasteiger partial charge is 0.463 e. The molecule has 0 N–H and O–H groups in total. The highest BCUT2D eigenvalue weighted by atomic mass is 32.2. The summed E-state index contributed by atoms with van der Waals surface area (Å²) in [7, 11) is 0. The lowest BCUT2D eigenvalue weighted by atomic mass is 9.84. The Hall–Kier alpha value is 0.520. The molecule has 0 amide bonds. The summed E-state index contributed by atoms with van der Waals surface area (Å²) in [6, 6.07) is 0. The van der Waals surface area contributed by atoms with Gasteiger partial charge in [0.05, 0.1) is 21.4 Å². The van der Waals surface area contributed by atoms with Crippen LogP contribution in [0.1, 0.15) is 64.2 Å². The number of carbonyl (C=O) groups is 2. The summed E-state index contributed by atoms with van der Waals surface area (Å²) in [5.41, 5.74) is 0. The van der Waals surface area contributed by atoms with E-state index >= 15 is 0 Å². The van der Waals surface area contributed by atoms with Gasteiger partial charge in [-0.1, -0.05) is 13.2 Å². The minimum atomic E-state index is -0.309. The van der Waals surface area contributed by atoms with Crippen molar-refractivity contribution in [2.45, 2.75) is 72.4 Å². The van der Waals surface area contributed by atoms with Crippen LogP contribution in [-0.2, 0) is 19.1 Å². The molecule has 3 rings (SSSR count). The molecule has 0 aromatic carbocycles. The van der Waals surface area contributed by atoms with Gasteiger partial charge in [-0.15, -0.1) is 47.0 Å². The molecule has 0 aromatic heterocycles. The van der Waals surface area contributed by atoms with Crippen molar-refractivity contribution in [1.29, 1.82) is 0 Å². The van der Waals surface area contributed by atoms with Gasteiger partial charge in [-0.2, -0.15) is 23.5 Å². The molecule has 0 atom stereocenters. The topological polar surface area (TPSA) is 52.6 Å². The van der Waals surface area contributed by atoms with E-state index in [1.54, 1.807) is 0 Å². The van der Waals surface area contributed by atoms with Gasteiger partial charge < -0.3 is 9.47 Å². The molecule has 2 heterocycles. The van der Waals surface area contributed by atoms with Crippen molar-refractivity contribution in [1.82, 2.24) is 0 Å². The fourth-order valence-electron chi connectivity index (χ4n) is 5.38. The molecule has 0 unspecified atom stereocenters. The van der Waals surface area contributed by atoms with Crippen LogP contribution in [0, 0.1) is 11.8 Å². The van der Waals surface area contributed by atoms with Crippen molar-refractivity contribution >= 4 is 82.5 Å². The number of rotatable bonds is 20. The minimum Gasteiger partial charge on any atom is -0.463 e. The van der Waals surface area contributed by atoms with E-state index in [4.69, 9.17) is 9.47 Å². The molecule has 3 fully saturated rings. The zero-order valence-electron chi connectivity index (χ0n) is 23.9.